The van der Waals surface area contributed by atoms with Crippen LogP contribution in [-0.4, -0.2) is 0 Å². The maximum absolute atomic E-state index is 2.41. The van der Waals surface area contributed by atoms with Crippen molar-refractivity contribution in [2.45, 2.75) is 11.8 Å². The Bertz CT molecular complexity index is 1900. The molecule has 1 heterocycles. The molecule has 0 fully saturated rings. The van der Waals surface area contributed by atoms with Crippen LogP contribution in [0.15, 0.2) is 133 Å². The van der Waals surface area contributed by atoms with E-state index in [1.165, 1.54) is 64.7 Å². The quantitative estimate of drug-likeness (QED) is 0.212. The van der Waals surface area contributed by atoms with E-state index in [0.29, 0.717) is 11.8 Å². The van der Waals surface area contributed by atoms with Gasteiger partial charge in [-0.3, -0.25) is 0 Å². The van der Waals surface area contributed by atoms with Gasteiger partial charge in [0.15, 0.2) is 0 Å². The fraction of sp³-hybridized carbons (Fsp3) is 0.0556. The van der Waals surface area contributed by atoms with Gasteiger partial charge in [-0.25, -0.2) is 0 Å². The highest BCUT2D eigenvalue weighted by Gasteiger charge is 2.31. The topological polar surface area (TPSA) is 0 Å². The van der Waals surface area contributed by atoms with Crippen LogP contribution in [0.3, 0.4) is 0 Å². The first-order valence-corrected chi connectivity index (χ1v) is 13.8. The van der Waals surface area contributed by atoms with E-state index in [1.54, 1.807) is 0 Å². The molecule has 5 aromatic carbocycles. The molecule has 0 N–H and O–H groups in total. The molecule has 6 aromatic rings. The van der Waals surface area contributed by atoms with Crippen LogP contribution >= 0.6 is 24.8 Å². The number of fused-ring (bicyclic) bond motifs is 9. The van der Waals surface area contributed by atoms with E-state index >= 15 is 0 Å². The van der Waals surface area contributed by atoms with Gasteiger partial charge in [0, 0.05) is 32.0 Å². The first-order chi connectivity index (χ1) is 18.3. The lowest BCUT2D eigenvalue weighted by molar-refractivity contribution is 0.720. The lowest BCUT2D eigenvalue weighted by Crippen LogP contribution is -2.16. The van der Waals surface area contributed by atoms with E-state index in [1.807, 2.05) is 11.3 Å². The van der Waals surface area contributed by atoms with Crippen LogP contribution in [0.25, 0.3) is 53.6 Å². The number of allylic oxidation sites excluding steroid dienone is 4. The summed E-state index contributed by atoms with van der Waals surface area (Å²) in [6.07, 6.45) is 9.12. The van der Waals surface area contributed by atoms with E-state index in [4.69, 9.17) is 0 Å². The monoisotopic (exact) mass is 522 g/mol. The van der Waals surface area contributed by atoms with Gasteiger partial charge in [-0.1, -0.05) is 115 Å². The zero-order chi connectivity index (χ0) is 24.3. The summed E-state index contributed by atoms with van der Waals surface area (Å²) in [7, 11) is 0. The maximum atomic E-state index is 2.41. The lowest BCUT2D eigenvalue weighted by Gasteiger charge is -2.34. The Morgan fingerprint density at radius 3 is 2.03 bits per heavy atom. The Morgan fingerprint density at radius 2 is 1.13 bits per heavy atom. The highest BCUT2D eigenvalue weighted by Crippen LogP contribution is 2.50. The predicted molar refractivity (Wildman–Crippen MR) is 170 cm³/mol. The third-order valence-corrected chi connectivity index (χ3v) is 9.29. The summed E-state index contributed by atoms with van der Waals surface area (Å²) in [6, 6.07) is 40.5. The molecule has 2 atom stereocenters. The average Bonchev–Trinajstić information content (AvgIpc) is 3.36. The van der Waals surface area contributed by atoms with Crippen LogP contribution < -0.4 is 0 Å². The minimum absolute atomic E-state index is 0. The molecule has 2 unspecified atom stereocenters. The van der Waals surface area contributed by atoms with Gasteiger partial charge in [-0.2, -0.15) is 13.5 Å². The second kappa shape index (κ2) is 9.16. The molecule has 0 saturated carbocycles. The first-order valence-electron chi connectivity index (χ1n) is 12.9. The van der Waals surface area contributed by atoms with Gasteiger partial charge in [0.1, 0.15) is 0 Å². The standard InChI is InChI=1S/C36H24S.H2S/c1-2-13-29-27(11-1)28-12-3-4-14-30(28)34-22-24(19-20-31(29)34)23-9-7-10-25(21-23)26-16-8-17-33-32-15-5-6-18-35(32)37-36(26)33;/h1-22,27,29H;1H2. The zero-order valence-electron chi connectivity index (χ0n) is 20.8. The number of hydrogen-bond acceptors (Lipinski definition) is 1. The van der Waals surface area contributed by atoms with Gasteiger partial charge >= 0.3 is 0 Å². The van der Waals surface area contributed by atoms with Crippen molar-refractivity contribution in [1.82, 2.24) is 0 Å². The second-order valence-corrected chi connectivity index (χ2v) is 11.1. The third-order valence-electron chi connectivity index (χ3n) is 8.07. The van der Waals surface area contributed by atoms with Gasteiger partial charge in [0.25, 0.3) is 0 Å². The molecule has 0 spiro atoms. The van der Waals surface area contributed by atoms with Crippen molar-refractivity contribution in [3.8, 4) is 33.4 Å². The fourth-order valence-electron chi connectivity index (χ4n) is 6.33. The van der Waals surface area contributed by atoms with Crippen LogP contribution in [0, 0.1) is 0 Å². The second-order valence-electron chi connectivity index (χ2n) is 10.1. The van der Waals surface area contributed by atoms with E-state index in [-0.39, 0.29) is 13.5 Å². The molecule has 0 nitrogen and oxygen atoms in total. The number of thiophene rings is 1. The zero-order valence-corrected chi connectivity index (χ0v) is 22.6. The molecule has 182 valence electrons. The van der Waals surface area contributed by atoms with Crippen molar-refractivity contribution in [2.24, 2.45) is 0 Å². The molecule has 38 heavy (non-hydrogen) atoms. The van der Waals surface area contributed by atoms with Crippen molar-refractivity contribution < 1.29 is 0 Å². The summed E-state index contributed by atoms with van der Waals surface area (Å²) in [6.45, 7) is 0. The first kappa shape index (κ1) is 23.3. The summed E-state index contributed by atoms with van der Waals surface area (Å²) in [4.78, 5) is 0. The minimum atomic E-state index is 0. The fourth-order valence-corrected chi connectivity index (χ4v) is 7.57. The van der Waals surface area contributed by atoms with E-state index < -0.39 is 0 Å². The molecule has 0 saturated heterocycles. The molecule has 0 aliphatic heterocycles. The van der Waals surface area contributed by atoms with Gasteiger partial charge in [-0.15, -0.1) is 11.3 Å². The Hall–Kier alpha value is -3.85. The summed E-state index contributed by atoms with van der Waals surface area (Å²) in [5.41, 5.74) is 10.7. The van der Waals surface area contributed by atoms with Crippen molar-refractivity contribution in [3.63, 3.8) is 0 Å². The van der Waals surface area contributed by atoms with Crippen molar-refractivity contribution in [2.75, 3.05) is 0 Å². The molecule has 1 aromatic heterocycles. The van der Waals surface area contributed by atoms with Gasteiger partial charge in [0.05, 0.1) is 0 Å². The highest BCUT2D eigenvalue weighted by molar-refractivity contribution is 7.59. The average molecular weight is 523 g/mol. The Morgan fingerprint density at radius 1 is 0.474 bits per heavy atom. The smallest absolute Gasteiger partial charge is 0.0433 e. The lowest BCUT2D eigenvalue weighted by atomic mass is 9.69. The number of benzene rings is 5. The number of hydrogen-bond donors (Lipinski definition) is 0. The SMILES string of the molecule is C1=CC2c3ccccc3-c3cc(-c4cccc(-c5cccc6c5sc5ccccc56)c4)ccc3C2C=C1.S. The van der Waals surface area contributed by atoms with Crippen molar-refractivity contribution in [1.29, 1.82) is 0 Å². The maximum Gasteiger partial charge on any atom is 0.0433 e. The van der Waals surface area contributed by atoms with Crippen LogP contribution in [0.1, 0.15) is 23.0 Å². The van der Waals surface area contributed by atoms with Crippen LogP contribution in [-0.2, 0) is 0 Å². The van der Waals surface area contributed by atoms with Gasteiger partial charge in [-0.05, 0) is 62.7 Å². The molecule has 0 bridgehead atoms. The molecule has 2 heteroatoms. The Balaban J connectivity index is 0.00000242. The number of rotatable bonds is 2. The molecule has 2 aliphatic carbocycles. The van der Waals surface area contributed by atoms with Crippen LogP contribution in [0.4, 0.5) is 0 Å². The molecular weight excluding hydrogens is 497 g/mol. The Kier molecular flexibility index (Phi) is 5.61. The van der Waals surface area contributed by atoms with Crippen molar-refractivity contribution in [3.05, 3.63) is 145 Å². The van der Waals surface area contributed by atoms with Crippen molar-refractivity contribution >= 4 is 45.0 Å². The molecule has 2 aliphatic rings. The predicted octanol–water partition coefficient (Wildman–Crippen LogP) is 10.5. The largest absolute Gasteiger partial charge is 0.197 e. The third kappa shape index (κ3) is 3.52. The summed E-state index contributed by atoms with van der Waals surface area (Å²) in [5, 5.41) is 2.69. The minimum Gasteiger partial charge on any atom is -0.197 e. The molecule has 0 radical (unpaired) electrons. The molecular formula is C36H26S2. The van der Waals surface area contributed by atoms with Crippen LogP contribution in [0.2, 0.25) is 0 Å². The highest BCUT2D eigenvalue weighted by atomic mass is 32.1. The van der Waals surface area contributed by atoms with E-state index in [0.717, 1.165) is 0 Å². The molecule has 8 rings (SSSR count). The van der Waals surface area contributed by atoms with E-state index in [9.17, 15) is 0 Å². The van der Waals surface area contributed by atoms with Crippen LogP contribution in [0.5, 0.6) is 0 Å². The van der Waals surface area contributed by atoms with Gasteiger partial charge < -0.3 is 0 Å². The normalized spacial score (nSPS) is 17.1. The van der Waals surface area contributed by atoms with E-state index in [2.05, 4.69) is 133 Å². The summed E-state index contributed by atoms with van der Waals surface area (Å²) < 4.78 is 2.71. The summed E-state index contributed by atoms with van der Waals surface area (Å²) >= 11 is 1.89. The Labute approximate surface area is 234 Å². The molecule has 0 amide bonds. The summed E-state index contributed by atoms with van der Waals surface area (Å²) in [5.74, 6) is 0.825. The van der Waals surface area contributed by atoms with Gasteiger partial charge in [0.2, 0.25) is 0 Å².